The van der Waals surface area contributed by atoms with Gasteiger partial charge in [-0.05, 0) is 60.3 Å². The van der Waals surface area contributed by atoms with Crippen LogP contribution in [0.4, 0.5) is 11.4 Å². The van der Waals surface area contributed by atoms with Crippen molar-refractivity contribution in [3.05, 3.63) is 22.2 Å². The summed E-state index contributed by atoms with van der Waals surface area (Å²) in [5.74, 6) is 0.0498. The minimum absolute atomic E-state index is 0.0498. The lowest BCUT2D eigenvalue weighted by Crippen LogP contribution is -2.37. The lowest BCUT2D eigenvalue weighted by Gasteiger charge is -2.37. The number of carbonyl (C=O) groups excluding carboxylic acids is 1. The molecular weight excluding hydrogens is 330 g/mol. The summed E-state index contributed by atoms with van der Waals surface area (Å²) in [6, 6.07) is 4.60. The van der Waals surface area contributed by atoms with Gasteiger partial charge in [0.2, 0.25) is 5.91 Å². The molecule has 1 saturated carbocycles. The van der Waals surface area contributed by atoms with Crippen LogP contribution < -0.4 is 15.5 Å². The van der Waals surface area contributed by atoms with Crippen molar-refractivity contribution in [2.24, 2.45) is 0 Å². The summed E-state index contributed by atoms with van der Waals surface area (Å²) in [5, 5.41) is 6.32. The van der Waals surface area contributed by atoms with Crippen molar-refractivity contribution in [3.8, 4) is 0 Å². The SMILES string of the molecule is CCCNC1C(=O)Nc2cc(N(C)C3CCC3)c(Br)cc21. The third-order valence-electron chi connectivity index (χ3n) is 4.55. The van der Waals surface area contributed by atoms with Gasteiger partial charge in [-0.3, -0.25) is 4.79 Å². The average Bonchev–Trinajstić information content (AvgIpc) is 2.68. The molecule has 4 nitrogen and oxygen atoms in total. The van der Waals surface area contributed by atoms with E-state index in [0.717, 1.165) is 34.4 Å². The Morgan fingerprint density at radius 3 is 2.81 bits per heavy atom. The van der Waals surface area contributed by atoms with Crippen LogP contribution in [0.5, 0.6) is 0 Å². The molecule has 1 atom stereocenters. The Labute approximate surface area is 134 Å². The highest BCUT2D eigenvalue weighted by Gasteiger charge is 2.32. The van der Waals surface area contributed by atoms with E-state index in [1.54, 1.807) is 0 Å². The van der Waals surface area contributed by atoms with Crippen molar-refractivity contribution in [3.63, 3.8) is 0 Å². The first-order valence-corrected chi connectivity index (χ1v) is 8.51. The standard InChI is InChI=1S/C16H22BrN3O/c1-3-7-18-15-11-8-12(17)14(9-13(11)19-16(15)21)20(2)10-5-4-6-10/h8-10,15,18H,3-7H2,1-2H3,(H,19,21). The van der Waals surface area contributed by atoms with Gasteiger partial charge < -0.3 is 15.5 Å². The zero-order chi connectivity index (χ0) is 15.0. The van der Waals surface area contributed by atoms with Crippen LogP contribution in [-0.4, -0.2) is 25.5 Å². The maximum atomic E-state index is 12.1. The predicted octanol–water partition coefficient (Wildman–Crippen LogP) is 3.43. The molecule has 1 unspecified atom stereocenters. The maximum absolute atomic E-state index is 12.1. The van der Waals surface area contributed by atoms with E-state index in [-0.39, 0.29) is 11.9 Å². The molecule has 114 valence electrons. The quantitative estimate of drug-likeness (QED) is 0.853. The van der Waals surface area contributed by atoms with Gasteiger partial charge in [-0.2, -0.15) is 0 Å². The monoisotopic (exact) mass is 351 g/mol. The number of carbonyl (C=O) groups is 1. The summed E-state index contributed by atoms with van der Waals surface area (Å²) >= 11 is 3.68. The highest BCUT2D eigenvalue weighted by Crippen LogP contribution is 2.40. The second kappa shape index (κ2) is 5.97. The summed E-state index contributed by atoms with van der Waals surface area (Å²) in [7, 11) is 2.14. The van der Waals surface area contributed by atoms with Crippen LogP contribution in [0.25, 0.3) is 0 Å². The molecule has 0 radical (unpaired) electrons. The van der Waals surface area contributed by atoms with Crippen LogP contribution in [-0.2, 0) is 4.79 Å². The van der Waals surface area contributed by atoms with Crippen molar-refractivity contribution in [2.75, 3.05) is 23.8 Å². The molecule has 1 aromatic rings. The largest absolute Gasteiger partial charge is 0.371 e. The van der Waals surface area contributed by atoms with Gasteiger partial charge in [-0.1, -0.05) is 6.92 Å². The van der Waals surface area contributed by atoms with Gasteiger partial charge in [0.1, 0.15) is 6.04 Å². The maximum Gasteiger partial charge on any atom is 0.246 e. The Hall–Kier alpha value is -1.07. The Kier molecular flexibility index (Phi) is 4.22. The summed E-state index contributed by atoms with van der Waals surface area (Å²) in [6.45, 7) is 2.95. The number of halogens is 1. The van der Waals surface area contributed by atoms with Gasteiger partial charge in [0.05, 0.1) is 5.69 Å². The third kappa shape index (κ3) is 2.69. The molecule has 1 amide bonds. The molecule has 0 saturated heterocycles. The molecule has 5 heteroatoms. The van der Waals surface area contributed by atoms with Gasteiger partial charge in [0.15, 0.2) is 0 Å². The number of rotatable bonds is 5. The first kappa shape index (κ1) is 14.9. The predicted molar refractivity (Wildman–Crippen MR) is 89.8 cm³/mol. The van der Waals surface area contributed by atoms with E-state index >= 15 is 0 Å². The molecule has 0 spiro atoms. The molecule has 2 N–H and O–H groups in total. The average molecular weight is 352 g/mol. The van der Waals surface area contributed by atoms with Gasteiger partial charge in [-0.25, -0.2) is 0 Å². The minimum atomic E-state index is -0.223. The van der Waals surface area contributed by atoms with Crippen molar-refractivity contribution in [1.82, 2.24) is 5.32 Å². The molecular formula is C16H22BrN3O. The Bertz CT molecular complexity index is 557. The highest BCUT2D eigenvalue weighted by atomic mass is 79.9. The molecule has 1 aliphatic heterocycles. The van der Waals surface area contributed by atoms with E-state index < -0.39 is 0 Å². The summed E-state index contributed by atoms with van der Waals surface area (Å²) in [5.41, 5.74) is 3.15. The Morgan fingerprint density at radius 2 is 2.19 bits per heavy atom. The fraction of sp³-hybridized carbons (Fsp3) is 0.562. The number of amides is 1. The minimum Gasteiger partial charge on any atom is -0.371 e. The van der Waals surface area contributed by atoms with Gasteiger partial charge in [0.25, 0.3) is 0 Å². The van der Waals surface area contributed by atoms with E-state index in [0.29, 0.717) is 6.04 Å². The van der Waals surface area contributed by atoms with Crippen LogP contribution >= 0.6 is 15.9 Å². The number of hydrogen-bond acceptors (Lipinski definition) is 3. The number of benzene rings is 1. The summed E-state index contributed by atoms with van der Waals surface area (Å²) in [6.07, 6.45) is 4.85. The first-order chi connectivity index (χ1) is 10.1. The van der Waals surface area contributed by atoms with Crippen LogP contribution in [0, 0.1) is 0 Å². The number of anilines is 2. The van der Waals surface area contributed by atoms with Gasteiger partial charge >= 0.3 is 0 Å². The summed E-state index contributed by atoms with van der Waals surface area (Å²) in [4.78, 5) is 14.5. The zero-order valence-electron chi connectivity index (χ0n) is 12.6. The molecule has 21 heavy (non-hydrogen) atoms. The molecule has 1 heterocycles. The molecule has 1 aromatic carbocycles. The molecule has 1 fully saturated rings. The molecule has 3 rings (SSSR count). The van der Waals surface area contributed by atoms with E-state index in [1.807, 2.05) is 0 Å². The van der Waals surface area contributed by atoms with Crippen molar-refractivity contribution in [2.45, 2.75) is 44.7 Å². The van der Waals surface area contributed by atoms with Crippen LogP contribution in [0.15, 0.2) is 16.6 Å². The lowest BCUT2D eigenvalue weighted by molar-refractivity contribution is -0.117. The molecule has 2 aliphatic rings. The Balaban J connectivity index is 1.88. The van der Waals surface area contributed by atoms with Crippen LogP contribution in [0.2, 0.25) is 0 Å². The van der Waals surface area contributed by atoms with Crippen molar-refractivity contribution in [1.29, 1.82) is 0 Å². The third-order valence-corrected chi connectivity index (χ3v) is 5.19. The molecule has 0 bridgehead atoms. The second-order valence-corrected chi connectivity index (χ2v) is 6.82. The van der Waals surface area contributed by atoms with Gasteiger partial charge in [-0.15, -0.1) is 0 Å². The smallest absolute Gasteiger partial charge is 0.246 e. The van der Waals surface area contributed by atoms with Crippen LogP contribution in [0.3, 0.4) is 0 Å². The van der Waals surface area contributed by atoms with Crippen LogP contribution in [0.1, 0.15) is 44.2 Å². The first-order valence-electron chi connectivity index (χ1n) is 7.72. The topological polar surface area (TPSA) is 44.4 Å². The number of nitrogens with one attached hydrogen (secondary N) is 2. The number of nitrogens with zero attached hydrogens (tertiary/aromatic N) is 1. The number of fused-ring (bicyclic) bond motifs is 1. The van der Waals surface area contributed by atoms with Crippen molar-refractivity contribution < 1.29 is 4.79 Å². The number of hydrogen-bond donors (Lipinski definition) is 2. The highest BCUT2D eigenvalue weighted by molar-refractivity contribution is 9.10. The fourth-order valence-electron chi connectivity index (χ4n) is 3.00. The molecule has 0 aromatic heterocycles. The van der Waals surface area contributed by atoms with E-state index in [4.69, 9.17) is 0 Å². The normalized spacial score (nSPS) is 20.9. The zero-order valence-corrected chi connectivity index (χ0v) is 14.2. The second-order valence-electron chi connectivity index (χ2n) is 5.96. The van der Waals surface area contributed by atoms with Crippen molar-refractivity contribution >= 4 is 33.2 Å². The fourth-order valence-corrected chi connectivity index (χ4v) is 3.64. The summed E-state index contributed by atoms with van der Waals surface area (Å²) < 4.78 is 1.07. The van der Waals surface area contributed by atoms with E-state index in [9.17, 15) is 4.79 Å². The van der Waals surface area contributed by atoms with E-state index in [1.165, 1.54) is 19.3 Å². The lowest BCUT2D eigenvalue weighted by atomic mass is 9.91. The Morgan fingerprint density at radius 1 is 1.43 bits per heavy atom. The van der Waals surface area contributed by atoms with Gasteiger partial charge in [0, 0.05) is 28.8 Å². The van der Waals surface area contributed by atoms with E-state index in [2.05, 4.69) is 57.6 Å². The molecule has 1 aliphatic carbocycles.